The van der Waals surface area contributed by atoms with E-state index in [9.17, 15) is 25.3 Å². The van der Waals surface area contributed by atoms with Gasteiger partial charge in [-0.15, -0.1) is 0 Å². The second kappa shape index (κ2) is 8.11. The highest BCUT2D eigenvalue weighted by Gasteiger charge is 2.30. The standard InChI is InChI=1S/C20H17ClN2O5/c1-20(2,3)19(25)16(11-22)18(24)15-9-8-14(10-17(15)23(26)27)28-13-6-4-12(21)5-7-13/h4-10,24H,1-3H3/b18-16-. The van der Waals surface area contributed by atoms with E-state index in [2.05, 4.69) is 0 Å². The van der Waals surface area contributed by atoms with Gasteiger partial charge < -0.3 is 9.84 Å². The van der Waals surface area contributed by atoms with Gasteiger partial charge in [0.25, 0.3) is 5.69 Å². The maximum absolute atomic E-state index is 12.4. The number of benzene rings is 2. The summed E-state index contributed by atoms with van der Waals surface area (Å²) < 4.78 is 5.55. The average molecular weight is 401 g/mol. The fourth-order valence-electron chi connectivity index (χ4n) is 2.29. The number of hydrogen-bond acceptors (Lipinski definition) is 6. The highest BCUT2D eigenvalue weighted by atomic mass is 35.5. The highest BCUT2D eigenvalue weighted by Crippen LogP contribution is 2.34. The predicted molar refractivity (Wildman–Crippen MR) is 104 cm³/mol. The van der Waals surface area contributed by atoms with E-state index in [1.54, 1.807) is 51.1 Å². The van der Waals surface area contributed by atoms with Gasteiger partial charge in [-0.3, -0.25) is 14.9 Å². The summed E-state index contributed by atoms with van der Waals surface area (Å²) in [7, 11) is 0. The lowest BCUT2D eigenvalue weighted by Crippen LogP contribution is -2.22. The monoisotopic (exact) mass is 400 g/mol. The van der Waals surface area contributed by atoms with Gasteiger partial charge in [0.05, 0.1) is 16.6 Å². The molecule has 0 atom stereocenters. The molecule has 0 aromatic heterocycles. The molecule has 0 amide bonds. The number of nitrogens with zero attached hydrogens (tertiary/aromatic N) is 2. The quantitative estimate of drug-likeness (QED) is 0.235. The van der Waals surface area contributed by atoms with Crippen molar-refractivity contribution in [3.63, 3.8) is 0 Å². The molecule has 1 N–H and O–H groups in total. The Kier molecular flexibility index (Phi) is 6.06. The zero-order valence-electron chi connectivity index (χ0n) is 15.4. The Morgan fingerprint density at radius 2 is 1.75 bits per heavy atom. The van der Waals surface area contributed by atoms with Crippen molar-refractivity contribution >= 4 is 28.8 Å². The van der Waals surface area contributed by atoms with E-state index >= 15 is 0 Å². The van der Waals surface area contributed by atoms with Gasteiger partial charge in [-0.2, -0.15) is 5.26 Å². The molecule has 7 nitrogen and oxygen atoms in total. The van der Waals surface area contributed by atoms with Crippen molar-refractivity contribution in [2.75, 3.05) is 0 Å². The molecule has 8 heteroatoms. The van der Waals surface area contributed by atoms with Gasteiger partial charge in [0.2, 0.25) is 0 Å². The molecule has 0 spiro atoms. The van der Waals surface area contributed by atoms with Crippen molar-refractivity contribution in [3.8, 4) is 17.6 Å². The topological polar surface area (TPSA) is 113 Å². The molecule has 2 aromatic rings. The summed E-state index contributed by atoms with van der Waals surface area (Å²) in [5, 5.41) is 31.7. The molecule has 0 unspecified atom stereocenters. The largest absolute Gasteiger partial charge is 0.506 e. The molecule has 0 radical (unpaired) electrons. The number of nitro groups is 1. The third kappa shape index (κ3) is 4.67. The van der Waals surface area contributed by atoms with Crippen molar-refractivity contribution in [1.29, 1.82) is 5.26 Å². The van der Waals surface area contributed by atoms with Crippen LogP contribution < -0.4 is 4.74 Å². The summed E-state index contributed by atoms with van der Waals surface area (Å²) in [5.41, 5.74) is -2.23. The van der Waals surface area contributed by atoms with Crippen molar-refractivity contribution in [2.24, 2.45) is 5.41 Å². The lowest BCUT2D eigenvalue weighted by Gasteiger charge is -2.16. The Hall–Kier alpha value is -3.37. The number of halogens is 1. The minimum Gasteiger partial charge on any atom is -0.506 e. The van der Waals surface area contributed by atoms with E-state index in [1.807, 2.05) is 0 Å². The van der Waals surface area contributed by atoms with Crippen molar-refractivity contribution in [3.05, 3.63) is 68.7 Å². The number of ketones is 1. The summed E-state index contributed by atoms with van der Waals surface area (Å²) in [6.45, 7) is 4.74. The smallest absolute Gasteiger partial charge is 0.284 e. The summed E-state index contributed by atoms with van der Waals surface area (Å²) in [5.74, 6) is -0.812. The Balaban J connectivity index is 2.52. The molecule has 2 aromatic carbocycles. The van der Waals surface area contributed by atoms with Gasteiger partial charge in [0.15, 0.2) is 11.5 Å². The number of ether oxygens (including phenoxy) is 1. The molecule has 0 saturated carbocycles. The number of aliphatic hydroxyl groups is 1. The van der Waals surface area contributed by atoms with E-state index in [1.165, 1.54) is 12.1 Å². The Morgan fingerprint density at radius 1 is 1.18 bits per heavy atom. The van der Waals surface area contributed by atoms with Gasteiger partial charge in [0, 0.05) is 10.4 Å². The first-order valence-corrected chi connectivity index (χ1v) is 8.52. The van der Waals surface area contributed by atoms with Crippen LogP contribution in [-0.4, -0.2) is 15.8 Å². The number of rotatable bonds is 5. The SMILES string of the molecule is CC(C)(C)C(=O)/C(C#N)=C(\O)c1ccc(Oc2ccc(Cl)cc2)cc1[N+](=O)[O-]. The number of Topliss-reactive ketones (excluding diaryl/α,β-unsaturated/α-hetero) is 1. The van der Waals surface area contributed by atoms with E-state index in [0.29, 0.717) is 10.8 Å². The molecule has 0 bridgehead atoms. The van der Waals surface area contributed by atoms with Crippen LogP contribution in [0, 0.1) is 26.9 Å². The molecule has 0 heterocycles. The van der Waals surface area contributed by atoms with E-state index in [0.717, 1.165) is 6.07 Å². The summed E-state index contributed by atoms with van der Waals surface area (Å²) in [6.07, 6.45) is 0. The normalized spacial score (nSPS) is 12.0. The summed E-state index contributed by atoms with van der Waals surface area (Å²) in [4.78, 5) is 23.1. The molecule has 0 aliphatic heterocycles. The van der Waals surface area contributed by atoms with Crippen LogP contribution in [0.5, 0.6) is 11.5 Å². The maximum atomic E-state index is 12.4. The van der Waals surface area contributed by atoms with Crippen LogP contribution >= 0.6 is 11.6 Å². The Labute approximate surface area is 166 Å². The van der Waals surface area contributed by atoms with Crippen LogP contribution in [0.1, 0.15) is 26.3 Å². The summed E-state index contributed by atoms with van der Waals surface area (Å²) in [6, 6.07) is 11.8. The number of nitro benzene ring substituents is 1. The van der Waals surface area contributed by atoms with Gasteiger partial charge in [-0.05, 0) is 36.4 Å². The van der Waals surface area contributed by atoms with E-state index in [-0.39, 0.29) is 11.3 Å². The Morgan fingerprint density at radius 3 is 2.25 bits per heavy atom. The lowest BCUT2D eigenvalue weighted by molar-refractivity contribution is -0.385. The Bertz CT molecular complexity index is 999. The number of allylic oxidation sites excluding steroid dienone is 1. The maximum Gasteiger partial charge on any atom is 0.284 e. The fraction of sp³-hybridized carbons (Fsp3) is 0.200. The van der Waals surface area contributed by atoms with Crippen LogP contribution in [0.4, 0.5) is 5.69 Å². The molecular formula is C20H17ClN2O5. The minimum absolute atomic E-state index is 0.145. The molecule has 0 aliphatic rings. The third-order valence-electron chi connectivity index (χ3n) is 3.73. The predicted octanol–water partition coefficient (Wildman–Crippen LogP) is 5.45. The molecular weight excluding hydrogens is 384 g/mol. The highest BCUT2D eigenvalue weighted by molar-refractivity contribution is 6.30. The first kappa shape index (κ1) is 20.9. The molecule has 0 saturated heterocycles. The van der Waals surface area contributed by atoms with Crippen LogP contribution in [0.15, 0.2) is 48.0 Å². The lowest BCUT2D eigenvalue weighted by atomic mass is 9.85. The van der Waals surface area contributed by atoms with E-state index in [4.69, 9.17) is 16.3 Å². The number of hydrogen-bond donors (Lipinski definition) is 1. The second-order valence-corrected chi connectivity index (χ2v) is 7.34. The number of aliphatic hydroxyl groups excluding tert-OH is 1. The third-order valence-corrected chi connectivity index (χ3v) is 3.98. The van der Waals surface area contributed by atoms with Gasteiger partial charge in [-0.1, -0.05) is 32.4 Å². The van der Waals surface area contributed by atoms with Crippen LogP contribution in [0.3, 0.4) is 0 Å². The van der Waals surface area contributed by atoms with Crippen molar-refractivity contribution < 1.29 is 19.6 Å². The number of nitriles is 1. The van der Waals surface area contributed by atoms with Crippen molar-refractivity contribution in [1.82, 2.24) is 0 Å². The van der Waals surface area contributed by atoms with E-state index < -0.39 is 33.1 Å². The minimum atomic E-state index is -0.939. The number of carbonyl (C=O) groups is 1. The first-order valence-electron chi connectivity index (χ1n) is 8.15. The van der Waals surface area contributed by atoms with Gasteiger partial charge in [-0.25, -0.2) is 0 Å². The zero-order valence-corrected chi connectivity index (χ0v) is 16.1. The summed E-state index contributed by atoms with van der Waals surface area (Å²) >= 11 is 5.81. The van der Waals surface area contributed by atoms with Gasteiger partial charge >= 0.3 is 0 Å². The van der Waals surface area contributed by atoms with Crippen LogP contribution in [0.25, 0.3) is 5.76 Å². The molecule has 144 valence electrons. The molecule has 0 fully saturated rings. The van der Waals surface area contributed by atoms with Crippen molar-refractivity contribution in [2.45, 2.75) is 20.8 Å². The van der Waals surface area contributed by atoms with Crippen LogP contribution in [-0.2, 0) is 4.79 Å². The van der Waals surface area contributed by atoms with Crippen LogP contribution in [0.2, 0.25) is 5.02 Å². The molecule has 0 aliphatic carbocycles. The first-order chi connectivity index (χ1) is 13.0. The fourth-order valence-corrected chi connectivity index (χ4v) is 2.41. The van der Waals surface area contributed by atoms with Gasteiger partial charge in [0.1, 0.15) is 23.1 Å². The number of carbonyl (C=O) groups excluding carboxylic acids is 1. The molecule has 2 rings (SSSR count). The zero-order chi connectivity index (χ0) is 21.1. The molecule has 28 heavy (non-hydrogen) atoms. The second-order valence-electron chi connectivity index (χ2n) is 6.91. The average Bonchev–Trinajstić information content (AvgIpc) is 2.63.